The first kappa shape index (κ1) is 14.2. The maximum absolute atomic E-state index is 5.71. The Bertz CT molecular complexity index is 467. The van der Waals surface area contributed by atoms with Gasteiger partial charge in [-0.25, -0.2) is 0 Å². The van der Waals surface area contributed by atoms with Gasteiger partial charge in [0.25, 0.3) is 0 Å². The van der Waals surface area contributed by atoms with Gasteiger partial charge in [-0.1, -0.05) is 30.3 Å². The van der Waals surface area contributed by atoms with Crippen LogP contribution in [0, 0.1) is 0 Å². The number of hydrogen-bond donors (Lipinski definition) is 1. The van der Waals surface area contributed by atoms with Crippen molar-refractivity contribution in [3.63, 3.8) is 0 Å². The molecule has 0 radical (unpaired) electrons. The highest BCUT2D eigenvalue weighted by Gasteiger charge is 2.00. The quantitative estimate of drug-likeness (QED) is 0.740. The van der Waals surface area contributed by atoms with Crippen molar-refractivity contribution in [3.8, 4) is 0 Å². The van der Waals surface area contributed by atoms with Crippen molar-refractivity contribution in [2.45, 2.75) is 25.1 Å². The molecule has 0 unspecified atom stereocenters. The number of rotatable bonds is 8. The predicted octanol–water partition coefficient (Wildman–Crippen LogP) is 3.87. The normalized spacial score (nSPS) is 10.8. The molecule has 102 valence electrons. The lowest BCUT2D eigenvalue weighted by molar-refractivity contribution is 0.458. The van der Waals surface area contributed by atoms with E-state index < -0.39 is 0 Å². The zero-order valence-corrected chi connectivity index (χ0v) is 12.2. The number of aryl methyl sites for hydroxylation is 1. The molecule has 1 N–H and O–H groups in total. The van der Waals surface area contributed by atoms with Crippen LogP contribution in [0.25, 0.3) is 0 Å². The molecule has 1 aromatic carbocycles. The maximum Gasteiger partial charge on any atom is 0.117 e. The maximum atomic E-state index is 5.71. The van der Waals surface area contributed by atoms with Crippen LogP contribution >= 0.6 is 11.8 Å². The smallest absolute Gasteiger partial charge is 0.117 e. The SMILES string of the molecule is CSCc1ccc(CNCCCc2ccccc2)o1. The molecule has 2 nitrogen and oxygen atoms in total. The molecule has 0 fully saturated rings. The number of thioether (sulfide) groups is 1. The second-order valence-electron chi connectivity index (χ2n) is 4.57. The third kappa shape index (κ3) is 5.13. The highest BCUT2D eigenvalue weighted by atomic mass is 32.2. The van der Waals surface area contributed by atoms with Crippen LogP contribution in [0.3, 0.4) is 0 Å². The van der Waals surface area contributed by atoms with E-state index in [1.54, 1.807) is 11.8 Å². The molecular formula is C16H21NOS. The fraction of sp³-hybridized carbons (Fsp3) is 0.375. The number of benzene rings is 1. The standard InChI is InChI=1S/C16H21NOS/c1-19-13-16-10-9-15(18-16)12-17-11-5-8-14-6-3-2-4-7-14/h2-4,6-7,9-10,17H,5,8,11-13H2,1H3. The van der Waals surface area contributed by atoms with Crippen molar-refractivity contribution in [3.05, 3.63) is 59.5 Å². The van der Waals surface area contributed by atoms with E-state index in [1.807, 2.05) is 0 Å². The van der Waals surface area contributed by atoms with E-state index in [0.29, 0.717) is 0 Å². The molecule has 0 spiro atoms. The first-order chi connectivity index (χ1) is 9.38. The summed E-state index contributed by atoms with van der Waals surface area (Å²) in [5.74, 6) is 3.05. The fourth-order valence-electron chi connectivity index (χ4n) is 2.01. The Balaban J connectivity index is 1.61. The highest BCUT2D eigenvalue weighted by molar-refractivity contribution is 7.97. The van der Waals surface area contributed by atoms with E-state index >= 15 is 0 Å². The summed E-state index contributed by atoms with van der Waals surface area (Å²) < 4.78 is 5.71. The molecular weight excluding hydrogens is 254 g/mol. The van der Waals surface area contributed by atoms with Crippen molar-refractivity contribution in [1.82, 2.24) is 5.32 Å². The lowest BCUT2D eigenvalue weighted by Gasteiger charge is -2.03. The molecule has 0 aliphatic heterocycles. The third-order valence-electron chi connectivity index (χ3n) is 2.96. The Kier molecular flexibility index (Phi) is 6.05. The van der Waals surface area contributed by atoms with Crippen LogP contribution in [0.1, 0.15) is 23.5 Å². The molecule has 3 heteroatoms. The van der Waals surface area contributed by atoms with Gasteiger partial charge in [-0.2, -0.15) is 11.8 Å². The third-order valence-corrected chi connectivity index (χ3v) is 3.54. The second-order valence-corrected chi connectivity index (χ2v) is 5.43. The van der Waals surface area contributed by atoms with E-state index in [0.717, 1.165) is 43.2 Å². The fourth-order valence-corrected chi connectivity index (χ4v) is 2.45. The molecule has 2 aromatic rings. The summed E-state index contributed by atoms with van der Waals surface area (Å²) >= 11 is 1.78. The van der Waals surface area contributed by atoms with E-state index in [9.17, 15) is 0 Å². The zero-order valence-electron chi connectivity index (χ0n) is 11.4. The van der Waals surface area contributed by atoms with Gasteiger partial charge in [0, 0.05) is 0 Å². The predicted molar refractivity (Wildman–Crippen MR) is 82.4 cm³/mol. The van der Waals surface area contributed by atoms with Gasteiger partial charge >= 0.3 is 0 Å². The average Bonchev–Trinajstić information content (AvgIpc) is 2.88. The molecule has 0 amide bonds. The van der Waals surface area contributed by atoms with Crippen LogP contribution in [0.4, 0.5) is 0 Å². The lowest BCUT2D eigenvalue weighted by Crippen LogP contribution is -2.14. The first-order valence-electron chi connectivity index (χ1n) is 6.69. The van der Waals surface area contributed by atoms with E-state index in [-0.39, 0.29) is 0 Å². The molecule has 0 saturated heterocycles. The highest BCUT2D eigenvalue weighted by Crippen LogP contribution is 2.13. The first-order valence-corrected chi connectivity index (χ1v) is 8.09. The average molecular weight is 275 g/mol. The van der Waals surface area contributed by atoms with Gasteiger partial charge in [-0.15, -0.1) is 0 Å². The molecule has 1 heterocycles. The molecule has 0 atom stereocenters. The molecule has 0 saturated carbocycles. The summed E-state index contributed by atoms with van der Waals surface area (Å²) in [4.78, 5) is 0. The summed E-state index contributed by atoms with van der Waals surface area (Å²) in [5.41, 5.74) is 1.41. The van der Waals surface area contributed by atoms with Gasteiger partial charge in [0.15, 0.2) is 0 Å². The minimum absolute atomic E-state index is 0.823. The summed E-state index contributed by atoms with van der Waals surface area (Å²) in [6.45, 7) is 1.84. The topological polar surface area (TPSA) is 25.2 Å². The molecule has 1 aromatic heterocycles. The lowest BCUT2D eigenvalue weighted by atomic mass is 10.1. The van der Waals surface area contributed by atoms with Crippen LogP contribution < -0.4 is 5.32 Å². The van der Waals surface area contributed by atoms with Crippen molar-refractivity contribution in [2.24, 2.45) is 0 Å². The van der Waals surface area contributed by atoms with Crippen molar-refractivity contribution in [2.75, 3.05) is 12.8 Å². The minimum Gasteiger partial charge on any atom is -0.464 e. The van der Waals surface area contributed by atoms with Gasteiger partial charge in [0.05, 0.1) is 12.3 Å². The van der Waals surface area contributed by atoms with Crippen LogP contribution in [0.2, 0.25) is 0 Å². The molecule has 0 aliphatic carbocycles. The van der Waals surface area contributed by atoms with E-state index in [2.05, 4.69) is 54.0 Å². The number of nitrogens with one attached hydrogen (secondary N) is 1. The van der Waals surface area contributed by atoms with Gasteiger partial charge < -0.3 is 9.73 Å². The molecule has 2 rings (SSSR count). The van der Waals surface area contributed by atoms with Crippen molar-refractivity contribution in [1.29, 1.82) is 0 Å². The van der Waals surface area contributed by atoms with Crippen molar-refractivity contribution >= 4 is 11.8 Å². The van der Waals surface area contributed by atoms with Gasteiger partial charge in [0.1, 0.15) is 11.5 Å². The second kappa shape index (κ2) is 8.08. The van der Waals surface area contributed by atoms with Crippen LogP contribution in [-0.2, 0) is 18.7 Å². The van der Waals surface area contributed by atoms with Gasteiger partial charge in [-0.3, -0.25) is 0 Å². The Morgan fingerprint density at radius 2 is 1.84 bits per heavy atom. The molecule has 0 aliphatic rings. The summed E-state index contributed by atoms with van der Waals surface area (Å²) in [5, 5.41) is 3.43. The van der Waals surface area contributed by atoms with Crippen LogP contribution in [-0.4, -0.2) is 12.8 Å². The largest absolute Gasteiger partial charge is 0.464 e. The Morgan fingerprint density at radius 1 is 1.05 bits per heavy atom. The van der Waals surface area contributed by atoms with Crippen LogP contribution in [0.5, 0.6) is 0 Å². The monoisotopic (exact) mass is 275 g/mol. The van der Waals surface area contributed by atoms with Gasteiger partial charge in [0.2, 0.25) is 0 Å². The van der Waals surface area contributed by atoms with Crippen LogP contribution in [0.15, 0.2) is 46.9 Å². The summed E-state index contributed by atoms with van der Waals surface area (Å²) in [6.07, 6.45) is 4.37. The Hall–Kier alpha value is -1.19. The number of furan rings is 1. The zero-order chi connectivity index (χ0) is 13.3. The Morgan fingerprint density at radius 3 is 2.63 bits per heavy atom. The van der Waals surface area contributed by atoms with Crippen molar-refractivity contribution < 1.29 is 4.42 Å². The van der Waals surface area contributed by atoms with E-state index in [1.165, 1.54) is 5.56 Å². The summed E-state index contributed by atoms with van der Waals surface area (Å²) in [7, 11) is 0. The van der Waals surface area contributed by atoms with E-state index in [4.69, 9.17) is 4.42 Å². The summed E-state index contributed by atoms with van der Waals surface area (Å²) in [6, 6.07) is 14.7. The Labute approximate surface area is 119 Å². The minimum atomic E-state index is 0.823. The molecule has 0 bridgehead atoms. The molecule has 19 heavy (non-hydrogen) atoms. The van der Waals surface area contributed by atoms with Gasteiger partial charge in [-0.05, 0) is 43.3 Å². The number of hydrogen-bond acceptors (Lipinski definition) is 3.